The van der Waals surface area contributed by atoms with Crippen molar-refractivity contribution >= 4 is 17.7 Å². The van der Waals surface area contributed by atoms with Crippen LogP contribution in [0.3, 0.4) is 0 Å². The van der Waals surface area contributed by atoms with Crippen LogP contribution in [0.5, 0.6) is 0 Å². The summed E-state index contributed by atoms with van der Waals surface area (Å²) in [7, 11) is 0. The molecule has 1 aromatic carbocycles. The number of piperidine rings is 2. The van der Waals surface area contributed by atoms with Crippen LogP contribution in [-0.4, -0.2) is 56.6 Å². The fourth-order valence-corrected chi connectivity index (χ4v) is 5.97. The minimum absolute atomic E-state index is 0.0656. The number of nitrogens with one attached hydrogen (secondary N) is 1. The van der Waals surface area contributed by atoms with Crippen LogP contribution in [-0.2, 0) is 22.7 Å². The molecular formula is C30H30FN5O3. The normalized spacial score (nSPS) is 20.3. The molecule has 8 nitrogen and oxygen atoms in total. The third kappa shape index (κ3) is 5.06. The molecule has 1 atom stereocenters. The molecule has 5 heterocycles. The predicted molar refractivity (Wildman–Crippen MR) is 142 cm³/mol. The first kappa shape index (κ1) is 25.3. The molecule has 0 saturated carbocycles. The number of nitrogens with zero attached hydrogens (tertiary/aromatic N) is 4. The van der Waals surface area contributed by atoms with Crippen molar-refractivity contribution in [2.75, 3.05) is 13.1 Å². The molecule has 1 unspecified atom stereocenters. The average Bonchev–Trinajstić information content (AvgIpc) is 3.24. The molecule has 9 heteroatoms. The largest absolute Gasteiger partial charge is 0.322 e. The van der Waals surface area contributed by atoms with Gasteiger partial charge in [0.1, 0.15) is 11.9 Å². The number of carbonyl (C=O) groups is 3. The van der Waals surface area contributed by atoms with Crippen LogP contribution in [0.2, 0.25) is 0 Å². The zero-order valence-electron chi connectivity index (χ0n) is 21.8. The van der Waals surface area contributed by atoms with Gasteiger partial charge in [0.15, 0.2) is 0 Å². The van der Waals surface area contributed by atoms with Gasteiger partial charge in [0.05, 0.1) is 11.4 Å². The fraction of sp³-hybridized carbons (Fsp3) is 0.367. The van der Waals surface area contributed by atoms with E-state index in [-0.39, 0.29) is 36.5 Å². The number of hydrogen-bond donors (Lipinski definition) is 1. The number of aromatic nitrogens is 2. The molecule has 0 bridgehead atoms. The van der Waals surface area contributed by atoms with Crippen LogP contribution in [0, 0.1) is 12.7 Å². The van der Waals surface area contributed by atoms with E-state index in [1.54, 1.807) is 6.20 Å². The molecule has 2 fully saturated rings. The fourth-order valence-electron chi connectivity index (χ4n) is 5.97. The van der Waals surface area contributed by atoms with Gasteiger partial charge in [-0.3, -0.25) is 34.6 Å². The number of halogens is 1. The van der Waals surface area contributed by atoms with Crippen LogP contribution in [0.15, 0.2) is 48.8 Å². The van der Waals surface area contributed by atoms with E-state index in [0.29, 0.717) is 17.5 Å². The standard InChI is InChI=1S/C30H30FN5O3/c1-18-4-8-32-25(12-18)26-13-19(5-9-33-26)16-35-10-6-20(7-11-35)22-14-21-17-36(30(39)23(21)15-24(22)31)27-2-3-28(37)34-29(27)38/h4-5,8-9,12-15,20,27H,2-3,6-7,10-11,16-17H2,1H3,(H,34,37,38). The lowest BCUT2D eigenvalue weighted by atomic mass is 9.87. The van der Waals surface area contributed by atoms with Gasteiger partial charge in [-0.25, -0.2) is 4.39 Å². The number of fused-ring (bicyclic) bond motifs is 1. The maximum atomic E-state index is 15.3. The van der Waals surface area contributed by atoms with Gasteiger partial charge in [-0.2, -0.15) is 0 Å². The maximum absolute atomic E-state index is 15.3. The van der Waals surface area contributed by atoms with E-state index >= 15 is 4.39 Å². The first-order valence-corrected chi connectivity index (χ1v) is 13.4. The van der Waals surface area contributed by atoms with Crippen LogP contribution < -0.4 is 5.32 Å². The van der Waals surface area contributed by atoms with Gasteiger partial charge in [-0.1, -0.05) is 6.07 Å². The second kappa shape index (κ2) is 10.3. The molecule has 3 aliphatic rings. The summed E-state index contributed by atoms with van der Waals surface area (Å²) >= 11 is 0. The Hall–Kier alpha value is -3.98. The van der Waals surface area contributed by atoms with Crippen molar-refractivity contribution in [3.63, 3.8) is 0 Å². The average molecular weight is 528 g/mol. The zero-order chi connectivity index (χ0) is 27.1. The quantitative estimate of drug-likeness (QED) is 0.508. The second-order valence-electron chi connectivity index (χ2n) is 10.7. The van der Waals surface area contributed by atoms with Crippen LogP contribution in [0.4, 0.5) is 4.39 Å². The van der Waals surface area contributed by atoms with E-state index in [0.717, 1.165) is 60.6 Å². The molecule has 39 heavy (non-hydrogen) atoms. The molecule has 0 spiro atoms. The minimum Gasteiger partial charge on any atom is -0.322 e. The summed E-state index contributed by atoms with van der Waals surface area (Å²) in [5.74, 6) is -1.44. The molecule has 3 aliphatic heterocycles. The summed E-state index contributed by atoms with van der Waals surface area (Å²) < 4.78 is 15.3. The van der Waals surface area contributed by atoms with Gasteiger partial charge in [-0.15, -0.1) is 0 Å². The summed E-state index contributed by atoms with van der Waals surface area (Å²) in [5.41, 5.74) is 5.72. The zero-order valence-corrected chi connectivity index (χ0v) is 21.8. The molecule has 0 aliphatic carbocycles. The van der Waals surface area contributed by atoms with Gasteiger partial charge < -0.3 is 4.90 Å². The van der Waals surface area contributed by atoms with Gasteiger partial charge in [0, 0.05) is 37.5 Å². The second-order valence-corrected chi connectivity index (χ2v) is 10.7. The first-order chi connectivity index (χ1) is 18.9. The van der Waals surface area contributed by atoms with Gasteiger partial charge in [0.2, 0.25) is 11.8 Å². The van der Waals surface area contributed by atoms with Crippen molar-refractivity contribution in [3.8, 4) is 11.4 Å². The Bertz CT molecular complexity index is 1470. The number of amides is 3. The number of aryl methyl sites for hydroxylation is 1. The third-order valence-electron chi connectivity index (χ3n) is 8.08. The minimum atomic E-state index is -0.701. The van der Waals surface area contributed by atoms with E-state index in [9.17, 15) is 14.4 Å². The molecule has 200 valence electrons. The first-order valence-electron chi connectivity index (χ1n) is 13.4. The number of hydrogen-bond acceptors (Lipinski definition) is 6. The molecule has 3 aromatic rings. The molecule has 3 amide bonds. The van der Waals surface area contributed by atoms with Crippen molar-refractivity contribution < 1.29 is 18.8 Å². The topological polar surface area (TPSA) is 95.5 Å². The van der Waals surface area contributed by atoms with Gasteiger partial charge >= 0.3 is 0 Å². The highest BCUT2D eigenvalue weighted by atomic mass is 19.1. The van der Waals surface area contributed by atoms with Crippen molar-refractivity contribution in [2.45, 2.75) is 57.7 Å². The highest BCUT2D eigenvalue weighted by Crippen LogP contribution is 2.35. The third-order valence-corrected chi connectivity index (χ3v) is 8.08. The van der Waals surface area contributed by atoms with Crippen molar-refractivity contribution in [3.05, 3.63) is 82.4 Å². The molecule has 1 N–H and O–H groups in total. The molecule has 2 saturated heterocycles. The number of imide groups is 1. The number of pyridine rings is 2. The Morgan fingerprint density at radius 1 is 0.974 bits per heavy atom. The van der Waals surface area contributed by atoms with Crippen molar-refractivity contribution in [2.24, 2.45) is 0 Å². The molecule has 2 aromatic heterocycles. The Morgan fingerprint density at radius 3 is 2.46 bits per heavy atom. The lowest BCUT2D eigenvalue weighted by molar-refractivity contribution is -0.136. The Kier molecular flexibility index (Phi) is 6.68. The lowest BCUT2D eigenvalue weighted by Gasteiger charge is -2.32. The monoisotopic (exact) mass is 527 g/mol. The van der Waals surface area contributed by atoms with E-state index in [1.807, 2.05) is 37.4 Å². The smallest absolute Gasteiger partial charge is 0.255 e. The van der Waals surface area contributed by atoms with Crippen LogP contribution >= 0.6 is 0 Å². The van der Waals surface area contributed by atoms with E-state index in [4.69, 9.17) is 0 Å². The lowest BCUT2D eigenvalue weighted by Crippen LogP contribution is -2.52. The summed E-state index contributed by atoms with van der Waals surface area (Å²) in [5, 5.41) is 2.31. The summed E-state index contributed by atoms with van der Waals surface area (Å²) in [6.45, 7) is 4.75. The highest BCUT2D eigenvalue weighted by Gasteiger charge is 2.40. The van der Waals surface area contributed by atoms with Crippen molar-refractivity contribution in [1.82, 2.24) is 25.1 Å². The maximum Gasteiger partial charge on any atom is 0.255 e. The van der Waals surface area contributed by atoms with E-state index in [2.05, 4.69) is 26.3 Å². The number of benzene rings is 1. The Balaban J connectivity index is 1.11. The molecular weight excluding hydrogens is 497 g/mol. The Labute approximate surface area is 226 Å². The highest BCUT2D eigenvalue weighted by molar-refractivity contribution is 6.05. The summed E-state index contributed by atoms with van der Waals surface area (Å²) in [6.07, 6.45) is 5.73. The predicted octanol–water partition coefficient (Wildman–Crippen LogP) is 3.73. The molecule has 6 rings (SSSR count). The Morgan fingerprint density at radius 2 is 1.72 bits per heavy atom. The molecule has 0 radical (unpaired) electrons. The van der Waals surface area contributed by atoms with Gasteiger partial charge in [-0.05, 0) is 97.8 Å². The van der Waals surface area contributed by atoms with Crippen LogP contribution in [0.25, 0.3) is 11.4 Å². The van der Waals surface area contributed by atoms with Crippen LogP contribution in [0.1, 0.15) is 64.2 Å². The SMILES string of the molecule is Cc1ccnc(-c2cc(CN3CCC(c4cc5c(cc4F)C(=O)N(C4CCC(=O)NC4=O)C5)CC3)ccn2)c1. The number of carbonyl (C=O) groups excluding carboxylic acids is 3. The number of rotatable bonds is 5. The number of likely N-dealkylation sites (tertiary alicyclic amines) is 1. The van der Waals surface area contributed by atoms with Crippen molar-refractivity contribution in [1.29, 1.82) is 0 Å². The summed E-state index contributed by atoms with van der Waals surface area (Å²) in [6, 6.07) is 10.6. The summed E-state index contributed by atoms with van der Waals surface area (Å²) in [4.78, 5) is 49.6. The van der Waals surface area contributed by atoms with E-state index in [1.165, 1.54) is 11.0 Å². The van der Waals surface area contributed by atoms with Gasteiger partial charge in [0.25, 0.3) is 5.91 Å². The van der Waals surface area contributed by atoms with E-state index < -0.39 is 11.9 Å².